The fourth-order valence-corrected chi connectivity index (χ4v) is 1.60. The van der Waals surface area contributed by atoms with Crippen molar-refractivity contribution < 1.29 is 19.4 Å². The van der Waals surface area contributed by atoms with Gasteiger partial charge in [-0.25, -0.2) is 9.59 Å². The molecule has 0 atom stereocenters. The summed E-state index contributed by atoms with van der Waals surface area (Å²) >= 11 is 0. The average molecular weight is 265 g/mol. The van der Waals surface area contributed by atoms with Crippen molar-refractivity contribution in [1.29, 1.82) is 0 Å². The van der Waals surface area contributed by atoms with Crippen molar-refractivity contribution in [2.24, 2.45) is 5.73 Å². The van der Waals surface area contributed by atoms with Gasteiger partial charge in [0.05, 0.1) is 11.1 Å². The van der Waals surface area contributed by atoms with E-state index in [-0.39, 0.29) is 11.1 Å². The van der Waals surface area contributed by atoms with Gasteiger partial charge in [0.1, 0.15) is 5.60 Å². The van der Waals surface area contributed by atoms with E-state index in [1.165, 1.54) is 12.1 Å². The first-order valence-electron chi connectivity index (χ1n) is 6.04. The molecule has 0 saturated heterocycles. The predicted octanol–water partition coefficient (Wildman–Crippen LogP) is 1.84. The molecule has 0 amide bonds. The minimum atomic E-state index is -1.15. The second kappa shape index (κ2) is 5.84. The summed E-state index contributed by atoms with van der Waals surface area (Å²) in [4.78, 5) is 23.2. The van der Waals surface area contributed by atoms with E-state index in [1.54, 1.807) is 26.8 Å². The maximum absolute atomic E-state index is 12.0. The number of hydrogen-bond acceptors (Lipinski definition) is 4. The van der Waals surface area contributed by atoms with E-state index in [2.05, 4.69) is 0 Å². The normalized spacial score (nSPS) is 11.2. The van der Waals surface area contributed by atoms with Crippen LogP contribution in [-0.4, -0.2) is 29.2 Å². The summed E-state index contributed by atoms with van der Waals surface area (Å²) in [5.41, 5.74) is 5.60. The minimum absolute atomic E-state index is 0.0602. The van der Waals surface area contributed by atoms with Gasteiger partial charge < -0.3 is 15.6 Å². The molecular weight excluding hydrogens is 246 g/mol. The number of aromatic carboxylic acids is 1. The summed E-state index contributed by atoms with van der Waals surface area (Å²) in [7, 11) is 0. The lowest BCUT2D eigenvalue weighted by atomic mass is 10.0. The summed E-state index contributed by atoms with van der Waals surface area (Å²) < 4.78 is 5.21. The van der Waals surface area contributed by atoms with Crippen LogP contribution in [0.25, 0.3) is 0 Å². The Morgan fingerprint density at radius 3 is 2.37 bits per heavy atom. The summed E-state index contributed by atoms with van der Waals surface area (Å²) in [5, 5.41) is 9.10. The molecular formula is C14H19NO4. The second-order valence-electron chi connectivity index (χ2n) is 5.23. The maximum Gasteiger partial charge on any atom is 0.339 e. The molecule has 0 heterocycles. The molecule has 0 aromatic heterocycles. The van der Waals surface area contributed by atoms with Gasteiger partial charge in [-0.2, -0.15) is 0 Å². The van der Waals surface area contributed by atoms with Gasteiger partial charge in [0, 0.05) is 0 Å². The highest BCUT2D eigenvalue weighted by molar-refractivity contribution is 6.02. The number of ether oxygens (including phenoxy) is 1. The number of carbonyl (C=O) groups is 2. The van der Waals surface area contributed by atoms with Gasteiger partial charge in [0.15, 0.2) is 0 Å². The fraction of sp³-hybridized carbons (Fsp3) is 0.429. The Labute approximate surface area is 112 Å². The first-order valence-corrected chi connectivity index (χ1v) is 6.04. The molecule has 0 aliphatic carbocycles. The van der Waals surface area contributed by atoms with E-state index < -0.39 is 17.5 Å². The Hall–Kier alpha value is -1.88. The highest BCUT2D eigenvalue weighted by Gasteiger charge is 2.23. The lowest BCUT2D eigenvalue weighted by Gasteiger charge is -2.20. The van der Waals surface area contributed by atoms with Crippen LogP contribution in [0.1, 0.15) is 47.1 Å². The third kappa shape index (κ3) is 4.37. The average Bonchev–Trinajstić information content (AvgIpc) is 2.26. The molecule has 1 rings (SSSR count). The van der Waals surface area contributed by atoms with Crippen molar-refractivity contribution in [3.63, 3.8) is 0 Å². The maximum atomic E-state index is 12.0. The van der Waals surface area contributed by atoms with Crippen LogP contribution in [0.3, 0.4) is 0 Å². The Balaban J connectivity index is 3.17. The molecule has 0 aliphatic heterocycles. The largest absolute Gasteiger partial charge is 0.478 e. The van der Waals surface area contributed by atoms with Crippen molar-refractivity contribution in [2.75, 3.05) is 6.54 Å². The van der Waals surface area contributed by atoms with Gasteiger partial charge in [0.25, 0.3) is 0 Å². The summed E-state index contributed by atoms with van der Waals surface area (Å²) in [5.74, 6) is -1.79. The molecule has 5 heteroatoms. The van der Waals surface area contributed by atoms with Gasteiger partial charge in [-0.15, -0.1) is 0 Å². The molecule has 0 bridgehead atoms. The second-order valence-corrected chi connectivity index (χ2v) is 5.23. The van der Waals surface area contributed by atoms with E-state index in [0.717, 1.165) is 5.56 Å². The molecule has 0 spiro atoms. The molecule has 0 radical (unpaired) electrons. The molecule has 1 aromatic carbocycles. The topological polar surface area (TPSA) is 89.6 Å². The van der Waals surface area contributed by atoms with Gasteiger partial charge in [0.2, 0.25) is 0 Å². The van der Waals surface area contributed by atoms with Crippen molar-refractivity contribution in [3.8, 4) is 0 Å². The van der Waals surface area contributed by atoms with E-state index in [0.29, 0.717) is 13.0 Å². The quantitative estimate of drug-likeness (QED) is 0.811. The van der Waals surface area contributed by atoms with Crippen LogP contribution in [-0.2, 0) is 11.2 Å². The number of carbonyl (C=O) groups excluding carboxylic acids is 1. The van der Waals surface area contributed by atoms with Crippen molar-refractivity contribution in [2.45, 2.75) is 32.8 Å². The molecule has 104 valence electrons. The molecule has 0 aliphatic rings. The Morgan fingerprint density at radius 2 is 1.89 bits per heavy atom. The zero-order valence-electron chi connectivity index (χ0n) is 11.4. The summed E-state index contributed by atoms with van der Waals surface area (Å²) in [6, 6.07) is 4.60. The Kier molecular flexibility index (Phi) is 4.67. The molecule has 19 heavy (non-hydrogen) atoms. The first kappa shape index (κ1) is 15.2. The SMILES string of the molecule is CC(C)(C)OC(=O)c1cc(CCN)ccc1C(=O)O. The zero-order chi connectivity index (χ0) is 14.6. The lowest BCUT2D eigenvalue weighted by molar-refractivity contribution is 0.00657. The van der Waals surface area contributed by atoms with Gasteiger partial charge >= 0.3 is 11.9 Å². The first-order chi connectivity index (χ1) is 8.74. The van der Waals surface area contributed by atoms with Crippen LogP contribution in [0.5, 0.6) is 0 Å². The molecule has 0 unspecified atom stereocenters. The molecule has 3 N–H and O–H groups in total. The standard InChI is InChI=1S/C14H19NO4/c1-14(2,3)19-13(18)11-8-9(6-7-15)4-5-10(11)12(16)17/h4-5,8H,6-7,15H2,1-3H3,(H,16,17). The number of rotatable bonds is 4. The highest BCUT2D eigenvalue weighted by atomic mass is 16.6. The van der Waals surface area contributed by atoms with Crippen molar-refractivity contribution in [3.05, 3.63) is 34.9 Å². The smallest absolute Gasteiger partial charge is 0.339 e. The summed E-state index contributed by atoms with van der Waals surface area (Å²) in [6.45, 7) is 5.62. The van der Waals surface area contributed by atoms with Gasteiger partial charge in [-0.05, 0) is 51.4 Å². The van der Waals surface area contributed by atoms with Crippen molar-refractivity contribution in [1.82, 2.24) is 0 Å². The van der Waals surface area contributed by atoms with Crippen LogP contribution >= 0.6 is 0 Å². The third-order valence-electron chi connectivity index (χ3n) is 2.37. The summed E-state index contributed by atoms with van der Waals surface area (Å²) in [6.07, 6.45) is 0.579. The van der Waals surface area contributed by atoms with E-state index in [4.69, 9.17) is 15.6 Å². The van der Waals surface area contributed by atoms with Crippen LogP contribution in [0.4, 0.5) is 0 Å². The van der Waals surface area contributed by atoms with Crippen LogP contribution in [0, 0.1) is 0 Å². The number of benzene rings is 1. The third-order valence-corrected chi connectivity index (χ3v) is 2.37. The molecule has 0 saturated carbocycles. The highest BCUT2D eigenvalue weighted by Crippen LogP contribution is 2.18. The zero-order valence-corrected chi connectivity index (χ0v) is 11.4. The Bertz CT molecular complexity index is 489. The predicted molar refractivity (Wildman–Crippen MR) is 71.3 cm³/mol. The van der Waals surface area contributed by atoms with Crippen LogP contribution in [0.15, 0.2) is 18.2 Å². The number of nitrogens with two attached hydrogens (primary N) is 1. The molecule has 5 nitrogen and oxygen atoms in total. The lowest BCUT2D eigenvalue weighted by Crippen LogP contribution is -2.25. The monoisotopic (exact) mass is 265 g/mol. The van der Waals surface area contributed by atoms with Gasteiger partial charge in [-0.1, -0.05) is 6.07 Å². The molecule has 0 fully saturated rings. The Morgan fingerprint density at radius 1 is 1.26 bits per heavy atom. The fourth-order valence-electron chi connectivity index (χ4n) is 1.60. The van der Waals surface area contributed by atoms with Crippen molar-refractivity contribution >= 4 is 11.9 Å². The molecule has 1 aromatic rings. The van der Waals surface area contributed by atoms with Crippen LogP contribution < -0.4 is 5.73 Å². The minimum Gasteiger partial charge on any atom is -0.478 e. The number of esters is 1. The van der Waals surface area contributed by atoms with E-state index in [9.17, 15) is 9.59 Å². The van der Waals surface area contributed by atoms with Crippen LogP contribution in [0.2, 0.25) is 0 Å². The van der Waals surface area contributed by atoms with E-state index in [1.807, 2.05) is 0 Å². The van der Waals surface area contributed by atoms with Gasteiger partial charge in [-0.3, -0.25) is 0 Å². The number of carboxylic acid groups (broad SMARTS) is 1. The van der Waals surface area contributed by atoms with E-state index >= 15 is 0 Å². The number of carboxylic acids is 1. The number of hydrogen-bond donors (Lipinski definition) is 2.